The van der Waals surface area contributed by atoms with Gasteiger partial charge in [-0.3, -0.25) is 9.78 Å². The van der Waals surface area contributed by atoms with Crippen LogP contribution in [0.3, 0.4) is 0 Å². The fraction of sp³-hybridized carbons (Fsp3) is 0.417. The molecular weight excluding hydrogens is 326 g/mol. The molecule has 0 amide bonds. The Morgan fingerprint density at radius 3 is 2.80 bits per heavy atom. The smallest absolute Gasteiger partial charge is 0.311 e. The van der Waals surface area contributed by atoms with Gasteiger partial charge in [-0.25, -0.2) is 4.68 Å². The number of rotatable bonds is 4. The number of nitrogens with zero attached hydrogens (tertiary/aromatic N) is 5. The summed E-state index contributed by atoms with van der Waals surface area (Å²) in [5.41, 5.74) is -0.113. The zero-order valence-corrected chi connectivity index (χ0v) is 12.1. The van der Waals surface area contributed by atoms with Gasteiger partial charge in [0, 0.05) is 10.7 Å². The summed E-state index contributed by atoms with van der Waals surface area (Å²) in [6, 6.07) is 3.64. The Labute approximate surface area is 123 Å². The number of carbonyl (C=O) groups is 1. The lowest BCUT2D eigenvalue weighted by atomic mass is 9.69. The fourth-order valence-corrected chi connectivity index (χ4v) is 2.57. The second kappa shape index (κ2) is 4.93. The van der Waals surface area contributed by atoms with E-state index in [-0.39, 0.29) is 6.54 Å². The summed E-state index contributed by atoms with van der Waals surface area (Å²) in [5, 5.41) is 20.9. The summed E-state index contributed by atoms with van der Waals surface area (Å²) in [6.07, 6.45) is 3.91. The van der Waals surface area contributed by atoms with E-state index in [1.165, 1.54) is 4.68 Å². The lowest BCUT2D eigenvalue weighted by Gasteiger charge is -2.37. The van der Waals surface area contributed by atoms with Crippen molar-refractivity contribution in [1.82, 2.24) is 25.2 Å². The molecule has 0 aromatic carbocycles. The van der Waals surface area contributed by atoms with Crippen LogP contribution < -0.4 is 0 Å². The van der Waals surface area contributed by atoms with Gasteiger partial charge in [0.05, 0.1) is 12.0 Å². The van der Waals surface area contributed by atoms with Crippen LogP contribution in [0.5, 0.6) is 0 Å². The molecule has 2 aromatic rings. The first-order valence-corrected chi connectivity index (χ1v) is 7.01. The number of hydrogen-bond acceptors (Lipinski definition) is 5. The molecule has 0 spiro atoms. The zero-order chi connectivity index (χ0) is 14.2. The summed E-state index contributed by atoms with van der Waals surface area (Å²) in [6.45, 7) is 0.280. The van der Waals surface area contributed by atoms with Gasteiger partial charge < -0.3 is 5.11 Å². The number of tetrazole rings is 1. The normalized spacial score (nSPS) is 16.6. The highest BCUT2D eigenvalue weighted by Crippen LogP contribution is 2.42. The van der Waals surface area contributed by atoms with Crippen LogP contribution in [0.2, 0.25) is 0 Å². The van der Waals surface area contributed by atoms with Crippen LogP contribution in [-0.4, -0.2) is 36.3 Å². The van der Waals surface area contributed by atoms with E-state index < -0.39 is 11.4 Å². The third kappa shape index (κ3) is 2.20. The second-order valence-electron chi connectivity index (χ2n) is 4.96. The van der Waals surface area contributed by atoms with Gasteiger partial charge >= 0.3 is 5.97 Å². The summed E-state index contributed by atoms with van der Waals surface area (Å²) >= 11 is 3.32. The van der Waals surface area contributed by atoms with Gasteiger partial charge in [0.1, 0.15) is 5.69 Å². The fourth-order valence-electron chi connectivity index (χ4n) is 2.33. The minimum Gasteiger partial charge on any atom is -0.481 e. The highest BCUT2D eigenvalue weighted by Gasteiger charge is 2.45. The van der Waals surface area contributed by atoms with Crippen molar-refractivity contribution in [3.05, 3.63) is 22.8 Å². The molecule has 0 bridgehead atoms. The molecule has 0 saturated heterocycles. The molecule has 1 aliphatic rings. The predicted molar refractivity (Wildman–Crippen MR) is 72.7 cm³/mol. The van der Waals surface area contributed by atoms with Crippen LogP contribution in [-0.2, 0) is 11.3 Å². The minimum atomic E-state index is -0.783. The summed E-state index contributed by atoms with van der Waals surface area (Å²) < 4.78 is 2.39. The first-order valence-electron chi connectivity index (χ1n) is 6.22. The van der Waals surface area contributed by atoms with E-state index in [1.54, 1.807) is 12.3 Å². The molecule has 1 saturated carbocycles. The Balaban J connectivity index is 1.91. The molecule has 3 rings (SSSR count). The Morgan fingerprint density at radius 2 is 2.25 bits per heavy atom. The van der Waals surface area contributed by atoms with Crippen LogP contribution >= 0.6 is 15.9 Å². The molecule has 0 atom stereocenters. The second-order valence-corrected chi connectivity index (χ2v) is 5.88. The van der Waals surface area contributed by atoms with E-state index in [0.29, 0.717) is 24.4 Å². The molecule has 7 nitrogen and oxygen atoms in total. The first kappa shape index (κ1) is 13.2. The number of carboxylic acid groups (broad SMARTS) is 1. The number of pyridine rings is 1. The highest BCUT2D eigenvalue weighted by atomic mass is 79.9. The van der Waals surface area contributed by atoms with Gasteiger partial charge in [-0.1, -0.05) is 6.42 Å². The molecule has 1 N–H and O–H groups in total. The van der Waals surface area contributed by atoms with E-state index in [2.05, 4.69) is 36.4 Å². The molecule has 8 heteroatoms. The summed E-state index contributed by atoms with van der Waals surface area (Å²) in [4.78, 5) is 15.7. The largest absolute Gasteiger partial charge is 0.481 e. The summed E-state index contributed by atoms with van der Waals surface area (Å²) in [7, 11) is 0. The maximum absolute atomic E-state index is 11.4. The molecule has 0 radical (unpaired) electrons. The average Bonchev–Trinajstić information content (AvgIpc) is 2.82. The number of carboxylic acids is 1. The molecule has 104 valence electrons. The van der Waals surface area contributed by atoms with Crippen molar-refractivity contribution in [1.29, 1.82) is 0 Å². The quantitative estimate of drug-likeness (QED) is 0.913. The van der Waals surface area contributed by atoms with Crippen molar-refractivity contribution in [3.8, 4) is 11.5 Å². The Hall–Kier alpha value is -1.83. The number of aromatic nitrogens is 5. The number of hydrogen-bond donors (Lipinski definition) is 1. The van der Waals surface area contributed by atoms with Crippen molar-refractivity contribution in [2.75, 3.05) is 0 Å². The third-order valence-electron chi connectivity index (χ3n) is 3.71. The van der Waals surface area contributed by atoms with Gasteiger partial charge in [0.2, 0.25) is 5.82 Å². The van der Waals surface area contributed by atoms with Gasteiger partial charge in [-0.05, 0) is 51.3 Å². The Kier molecular flexibility index (Phi) is 3.25. The van der Waals surface area contributed by atoms with Gasteiger partial charge in [-0.2, -0.15) is 0 Å². The molecule has 2 aromatic heterocycles. The minimum absolute atomic E-state index is 0.280. The maximum atomic E-state index is 11.4. The molecule has 20 heavy (non-hydrogen) atoms. The lowest BCUT2D eigenvalue weighted by Crippen LogP contribution is -2.42. The van der Waals surface area contributed by atoms with E-state index >= 15 is 0 Å². The monoisotopic (exact) mass is 337 g/mol. The maximum Gasteiger partial charge on any atom is 0.311 e. The van der Waals surface area contributed by atoms with Gasteiger partial charge in [-0.15, -0.1) is 5.10 Å². The van der Waals surface area contributed by atoms with Gasteiger partial charge in [0.25, 0.3) is 0 Å². The predicted octanol–water partition coefficient (Wildman–Crippen LogP) is 1.75. The molecule has 2 heterocycles. The standard InChI is InChI=1S/C12H12BrN5O2/c13-8-2-3-9(14-6-8)10-15-16-17-18(10)7-12(11(19)20)4-1-5-12/h2-3,6H,1,4-5,7H2,(H,19,20). The first-order chi connectivity index (χ1) is 9.61. The van der Waals surface area contributed by atoms with E-state index in [0.717, 1.165) is 10.9 Å². The summed E-state index contributed by atoms with van der Waals surface area (Å²) in [5.74, 6) is -0.293. The molecule has 1 aliphatic carbocycles. The van der Waals surface area contributed by atoms with Crippen molar-refractivity contribution in [2.45, 2.75) is 25.8 Å². The van der Waals surface area contributed by atoms with E-state index in [4.69, 9.17) is 0 Å². The molecule has 0 aliphatic heterocycles. The van der Waals surface area contributed by atoms with Crippen LogP contribution in [0.25, 0.3) is 11.5 Å². The van der Waals surface area contributed by atoms with Crippen LogP contribution in [0.1, 0.15) is 19.3 Å². The molecule has 0 unspecified atom stereocenters. The number of halogens is 1. The van der Waals surface area contributed by atoms with Gasteiger partial charge in [0.15, 0.2) is 0 Å². The lowest BCUT2D eigenvalue weighted by molar-refractivity contribution is -0.156. The topological polar surface area (TPSA) is 93.8 Å². The van der Waals surface area contributed by atoms with Crippen molar-refractivity contribution < 1.29 is 9.90 Å². The van der Waals surface area contributed by atoms with Crippen LogP contribution in [0.4, 0.5) is 0 Å². The third-order valence-corrected chi connectivity index (χ3v) is 4.17. The average molecular weight is 338 g/mol. The van der Waals surface area contributed by atoms with Crippen molar-refractivity contribution in [3.63, 3.8) is 0 Å². The molecular formula is C12H12BrN5O2. The number of aliphatic carboxylic acids is 1. The van der Waals surface area contributed by atoms with Crippen LogP contribution in [0.15, 0.2) is 22.8 Å². The Morgan fingerprint density at radius 1 is 1.45 bits per heavy atom. The highest BCUT2D eigenvalue weighted by molar-refractivity contribution is 9.10. The SMILES string of the molecule is O=C(O)C1(Cn2nnnc2-c2ccc(Br)cn2)CCC1. The zero-order valence-electron chi connectivity index (χ0n) is 10.5. The van der Waals surface area contributed by atoms with E-state index in [1.807, 2.05) is 6.07 Å². The van der Waals surface area contributed by atoms with Crippen molar-refractivity contribution in [2.24, 2.45) is 5.41 Å². The molecule has 1 fully saturated rings. The van der Waals surface area contributed by atoms with Crippen molar-refractivity contribution >= 4 is 21.9 Å². The van der Waals surface area contributed by atoms with E-state index in [9.17, 15) is 9.90 Å². The van der Waals surface area contributed by atoms with Crippen LogP contribution in [0, 0.1) is 5.41 Å². The Bertz CT molecular complexity index is 636.